The molecule has 2 nitrogen and oxygen atoms in total. The van der Waals surface area contributed by atoms with Crippen LogP contribution >= 0.6 is 0 Å². The fourth-order valence-electron chi connectivity index (χ4n) is 2.08. The molecule has 18 heavy (non-hydrogen) atoms. The normalized spacial score (nSPS) is 19.8. The first kappa shape index (κ1) is 12.8. The number of hydrogen-bond donors (Lipinski definition) is 0. The Hall–Kier alpha value is -1.65. The summed E-state index contributed by atoms with van der Waals surface area (Å²) in [5.41, 5.74) is 0.803. The Morgan fingerprint density at radius 2 is 1.78 bits per heavy atom. The smallest absolute Gasteiger partial charge is 0.238 e. The number of rotatable bonds is 1. The van der Waals surface area contributed by atoms with Gasteiger partial charge in [0.2, 0.25) is 0 Å². The number of nitrogens with zero attached hydrogens (tertiary/aromatic N) is 2. The van der Waals surface area contributed by atoms with Crippen molar-refractivity contribution in [1.82, 2.24) is 9.97 Å². The van der Waals surface area contributed by atoms with E-state index in [1.165, 1.54) is 6.08 Å². The highest BCUT2D eigenvalue weighted by atomic mass is 19.4. The zero-order chi connectivity index (χ0) is 13.3. The third-order valence-electron chi connectivity index (χ3n) is 2.80. The molecule has 0 saturated heterocycles. The molecular formula is C13H13F3N2. The lowest BCUT2D eigenvalue weighted by Gasteiger charge is -2.22. The molecule has 5 heteroatoms. The van der Waals surface area contributed by atoms with E-state index in [0.29, 0.717) is 11.4 Å². The standard InChI is InChI=1S/C13H13F3N2/c1-8-7-9(2)18-12(17-8)10-5-3-4-6-11(10)13(14,15)16/h3-4,6-7,10H,5H2,1-2H3. The molecule has 0 aliphatic heterocycles. The van der Waals surface area contributed by atoms with Gasteiger partial charge >= 0.3 is 6.18 Å². The van der Waals surface area contributed by atoms with E-state index in [1.54, 1.807) is 26.0 Å². The third-order valence-corrected chi connectivity index (χ3v) is 2.80. The van der Waals surface area contributed by atoms with E-state index >= 15 is 0 Å². The minimum atomic E-state index is -4.34. The van der Waals surface area contributed by atoms with E-state index in [4.69, 9.17) is 0 Å². The van der Waals surface area contributed by atoms with Crippen LogP contribution in [0.2, 0.25) is 0 Å². The lowest BCUT2D eigenvalue weighted by molar-refractivity contribution is -0.0962. The van der Waals surface area contributed by atoms with Crippen LogP contribution in [-0.2, 0) is 0 Å². The molecule has 0 saturated carbocycles. The predicted molar refractivity (Wildman–Crippen MR) is 62.1 cm³/mol. The molecule has 0 N–H and O–H groups in total. The maximum absolute atomic E-state index is 12.9. The van der Waals surface area contributed by atoms with Gasteiger partial charge in [-0.3, -0.25) is 0 Å². The quantitative estimate of drug-likeness (QED) is 0.764. The van der Waals surface area contributed by atoms with Crippen LogP contribution in [0.5, 0.6) is 0 Å². The molecule has 0 radical (unpaired) electrons. The summed E-state index contributed by atoms with van der Waals surface area (Å²) in [6.45, 7) is 3.52. The van der Waals surface area contributed by atoms with E-state index in [9.17, 15) is 13.2 Å². The van der Waals surface area contributed by atoms with Crippen molar-refractivity contribution in [3.8, 4) is 0 Å². The first-order chi connectivity index (χ1) is 8.38. The van der Waals surface area contributed by atoms with Crippen molar-refractivity contribution in [3.63, 3.8) is 0 Å². The average Bonchev–Trinajstić information content (AvgIpc) is 2.26. The number of allylic oxidation sites excluding steroid dienone is 4. The lowest BCUT2D eigenvalue weighted by atomic mass is 9.90. The molecule has 1 aromatic heterocycles. The van der Waals surface area contributed by atoms with Crippen molar-refractivity contribution in [2.45, 2.75) is 32.4 Å². The molecule has 2 rings (SSSR count). The van der Waals surface area contributed by atoms with E-state index in [-0.39, 0.29) is 12.2 Å². The van der Waals surface area contributed by atoms with E-state index in [0.717, 1.165) is 6.08 Å². The molecule has 0 aromatic carbocycles. The zero-order valence-corrected chi connectivity index (χ0v) is 10.1. The maximum atomic E-state index is 12.9. The molecule has 1 heterocycles. The summed E-state index contributed by atoms with van der Waals surface area (Å²) in [5, 5.41) is 0. The Bertz CT molecular complexity index is 495. The minimum absolute atomic E-state index is 0.250. The van der Waals surface area contributed by atoms with E-state index in [1.807, 2.05) is 0 Å². The van der Waals surface area contributed by atoms with Crippen LogP contribution in [-0.4, -0.2) is 16.1 Å². The molecule has 1 aromatic rings. The van der Waals surface area contributed by atoms with Crippen molar-refractivity contribution in [2.75, 3.05) is 0 Å². The second-order valence-corrected chi connectivity index (χ2v) is 4.35. The second-order valence-electron chi connectivity index (χ2n) is 4.35. The molecule has 1 aliphatic rings. The molecule has 1 aliphatic carbocycles. The molecule has 1 unspecified atom stereocenters. The number of alkyl halides is 3. The SMILES string of the molecule is Cc1cc(C)nc(C2CC=CC=C2C(F)(F)F)n1. The maximum Gasteiger partial charge on any atom is 0.413 e. The van der Waals surface area contributed by atoms with Gasteiger partial charge in [0.25, 0.3) is 0 Å². The van der Waals surface area contributed by atoms with E-state index in [2.05, 4.69) is 9.97 Å². The van der Waals surface area contributed by atoms with Gasteiger partial charge in [-0.2, -0.15) is 13.2 Å². The van der Waals surface area contributed by atoms with Gasteiger partial charge in [0.15, 0.2) is 0 Å². The average molecular weight is 254 g/mol. The van der Waals surface area contributed by atoms with Gasteiger partial charge in [-0.15, -0.1) is 0 Å². The first-order valence-electron chi connectivity index (χ1n) is 5.64. The Kier molecular flexibility index (Phi) is 3.24. The third kappa shape index (κ3) is 2.60. The van der Waals surface area contributed by atoms with E-state index < -0.39 is 17.7 Å². The Morgan fingerprint density at radius 3 is 2.33 bits per heavy atom. The largest absolute Gasteiger partial charge is 0.413 e. The van der Waals surface area contributed by atoms with Crippen molar-refractivity contribution >= 4 is 0 Å². The lowest BCUT2D eigenvalue weighted by Crippen LogP contribution is -2.22. The van der Waals surface area contributed by atoms with Gasteiger partial charge in [-0.1, -0.05) is 18.2 Å². The molecule has 0 bridgehead atoms. The van der Waals surface area contributed by atoms with Gasteiger partial charge in [0.1, 0.15) is 5.82 Å². The predicted octanol–water partition coefficient (Wildman–Crippen LogP) is 3.63. The van der Waals surface area contributed by atoms with Crippen LogP contribution in [0.4, 0.5) is 13.2 Å². The Labute approximate surface area is 103 Å². The van der Waals surface area contributed by atoms with Crippen LogP contribution in [0.3, 0.4) is 0 Å². The summed E-state index contributed by atoms with van der Waals surface area (Å²) in [6.07, 6.45) is 0.197. The Balaban J connectivity index is 2.43. The molecule has 0 spiro atoms. The monoisotopic (exact) mass is 254 g/mol. The van der Waals surface area contributed by atoms with Crippen LogP contribution in [0.1, 0.15) is 29.6 Å². The fraction of sp³-hybridized carbons (Fsp3) is 0.385. The summed E-state index contributed by atoms with van der Waals surface area (Å²) in [4.78, 5) is 8.27. The summed E-state index contributed by atoms with van der Waals surface area (Å²) in [6, 6.07) is 1.75. The minimum Gasteiger partial charge on any atom is -0.238 e. The van der Waals surface area contributed by atoms with Gasteiger partial charge in [0, 0.05) is 17.0 Å². The number of aromatic nitrogens is 2. The molecule has 0 amide bonds. The summed E-state index contributed by atoms with van der Waals surface area (Å²) < 4.78 is 38.8. The highest BCUT2D eigenvalue weighted by Gasteiger charge is 2.40. The van der Waals surface area contributed by atoms with Crippen molar-refractivity contribution in [2.24, 2.45) is 0 Å². The molecule has 1 atom stereocenters. The number of aryl methyl sites for hydroxylation is 2. The van der Waals surface area contributed by atoms with Crippen molar-refractivity contribution in [3.05, 3.63) is 47.1 Å². The fourth-order valence-corrected chi connectivity index (χ4v) is 2.08. The van der Waals surface area contributed by atoms with Gasteiger partial charge in [-0.25, -0.2) is 9.97 Å². The number of halogens is 3. The highest BCUT2D eigenvalue weighted by molar-refractivity contribution is 5.32. The highest BCUT2D eigenvalue weighted by Crippen LogP contribution is 2.39. The molecule has 96 valence electrons. The second kappa shape index (κ2) is 4.55. The molecule has 0 fully saturated rings. The first-order valence-corrected chi connectivity index (χ1v) is 5.64. The summed E-state index contributed by atoms with van der Waals surface area (Å²) in [5.74, 6) is -0.547. The summed E-state index contributed by atoms with van der Waals surface area (Å²) in [7, 11) is 0. The van der Waals surface area contributed by atoms with Gasteiger partial charge in [0.05, 0.1) is 5.92 Å². The van der Waals surface area contributed by atoms with Crippen molar-refractivity contribution < 1.29 is 13.2 Å². The Morgan fingerprint density at radius 1 is 1.17 bits per heavy atom. The van der Waals surface area contributed by atoms with Gasteiger partial charge in [-0.05, 0) is 26.3 Å². The van der Waals surface area contributed by atoms with Crippen LogP contribution in [0.25, 0.3) is 0 Å². The molecular weight excluding hydrogens is 241 g/mol. The van der Waals surface area contributed by atoms with Crippen LogP contribution in [0.15, 0.2) is 29.9 Å². The number of hydrogen-bond acceptors (Lipinski definition) is 2. The van der Waals surface area contributed by atoms with Crippen LogP contribution in [0, 0.1) is 13.8 Å². The van der Waals surface area contributed by atoms with Crippen molar-refractivity contribution in [1.29, 1.82) is 0 Å². The van der Waals surface area contributed by atoms with Crippen LogP contribution < -0.4 is 0 Å². The van der Waals surface area contributed by atoms with Gasteiger partial charge < -0.3 is 0 Å². The topological polar surface area (TPSA) is 25.8 Å². The zero-order valence-electron chi connectivity index (χ0n) is 10.1. The summed E-state index contributed by atoms with van der Waals surface area (Å²) >= 11 is 0.